The summed E-state index contributed by atoms with van der Waals surface area (Å²) in [6.45, 7) is 3.29. The van der Waals surface area contributed by atoms with Gasteiger partial charge in [-0.25, -0.2) is 12.8 Å². The van der Waals surface area contributed by atoms with Gasteiger partial charge in [0, 0.05) is 5.69 Å². The Balaban J connectivity index is 2.25. The number of nitrogens with zero attached hydrogens (tertiary/aromatic N) is 1. The Bertz CT molecular complexity index is 866. The molecule has 0 aromatic heterocycles. The summed E-state index contributed by atoms with van der Waals surface area (Å²) in [7, 11) is -3.65. The summed E-state index contributed by atoms with van der Waals surface area (Å²) in [4.78, 5) is 12.2. The van der Waals surface area contributed by atoms with E-state index in [4.69, 9.17) is 0 Å². The number of amides is 1. The molecule has 0 fully saturated rings. The van der Waals surface area contributed by atoms with Crippen LogP contribution in [-0.2, 0) is 14.8 Å². The zero-order valence-electron chi connectivity index (χ0n) is 13.7. The van der Waals surface area contributed by atoms with Crippen molar-refractivity contribution in [2.45, 2.75) is 13.8 Å². The minimum atomic E-state index is -3.65. The quantitative estimate of drug-likeness (QED) is 0.902. The fraction of sp³-hybridized carbons (Fsp3) is 0.235. The van der Waals surface area contributed by atoms with E-state index in [1.54, 1.807) is 19.1 Å². The van der Waals surface area contributed by atoms with E-state index in [0.29, 0.717) is 5.69 Å². The number of anilines is 2. The number of benzene rings is 2. The summed E-state index contributed by atoms with van der Waals surface area (Å²) >= 11 is 0. The maximum Gasteiger partial charge on any atom is 0.245 e. The Morgan fingerprint density at radius 1 is 1.17 bits per heavy atom. The predicted molar refractivity (Wildman–Crippen MR) is 93.1 cm³/mol. The number of carbonyl (C=O) groups excluding carboxylic acids is 1. The van der Waals surface area contributed by atoms with Gasteiger partial charge in [-0.2, -0.15) is 0 Å². The van der Waals surface area contributed by atoms with E-state index in [9.17, 15) is 17.6 Å². The normalized spacial score (nSPS) is 11.2. The van der Waals surface area contributed by atoms with Gasteiger partial charge in [0.1, 0.15) is 12.4 Å². The third-order valence-corrected chi connectivity index (χ3v) is 4.54. The fourth-order valence-electron chi connectivity index (χ4n) is 2.36. The highest BCUT2D eigenvalue weighted by Gasteiger charge is 2.22. The van der Waals surface area contributed by atoms with Crippen LogP contribution in [0.5, 0.6) is 0 Å². The van der Waals surface area contributed by atoms with E-state index in [0.717, 1.165) is 21.7 Å². The average Bonchev–Trinajstić information content (AvgIpc) is 2.44. The van der Waals surface area contributed by atoms with Gasteiger partial charge in [0.15, 0.2) is 0 Å². The lowest BCUT2D eigenvalue weighted by molar-refractivity contribution is -0.114. The van der Waals surface area contributed by atoms with Gasteiger partial charge in [-0.05, 0) is 43.7 Å². The molecule has 7 heteroatoms. The number of sulfonamides is 1. The topological polar surface area (TPSA) is 66.5 Å². The minimum Gasteiger partial charge on any atom is -0.324 e. The number of nitrogens with one attached hydrogen (secondary N) is 1. The largest absolute Gasteiger partial charge is 0.324 e. The Morgan fingerprint density at radius 2 is 1.88 bits per heavy atom. The van der Waals surface area contributed by atoms with E-state index in [1.807, 2.05) is 13.0 Å². The lowest BCUT2D eigenvalue weighted by Crippen LogP contribution is -2.37. The number of carbonyl (C=O) groups is 1. The SMILES string of the molecule is Cc1ccc(N(CC(=O)Nc2cccc(F)c2)S(C)(=O)=O)c(C)c1. The molecule has 0 aliphatic carbocycles. The highest BCUT2D eigenvalue weighted by atomic mass is 32.2. The Morgan fingerprint density at radius 3 is 2.46 bits per heavy atom. The van der Waals surface area contributed by atoms with Gasteiger partial charge in [-0.15, -0.1) is 0 Å². The van der Waals surface area contributed by atoms with E-state index in [1.165, 1.54) is 24.3 Å². The third-order valence-electron chi connectivity index (χ3n) is 3.42. The van der Waals surface area contributed by atoms with Crippen LogP contribution in [0.2, 0.25) is 0 Å². The van der Waals surface area contributed by atoms with Gasteiger partial charge in [0.05, 0.1) is 11.9 Å². The highest BCUT2D eigenvalue weighted by Crippen LogP contribution is 2.23. The molecule has 0 saturated heterocycles. The molecular formula is C17H19FN2O3S. The lowest BCUT2D eigenvalue weighted by Gasteiger charge is -2.24. The van der Waals surface area contributed by atoms with Crippen molar-refractivity contribution in [1.29, 1.82) is 0 Å². The summed E-state index contributed by atoms with van der Waals surface area (Å²) in [5, 5.41) is 2.50. The molecule has 2 rings (SSSR count). The number of hydrogen-bond acceptors (Lipinski definition) is 3. The molecule has 128 valence electrons. The average molecular weight is 350 g/mol. The summed E-state index contributed by atoms with van der Waals surface area (Å²) in [6.07, 6.45) is 1.04. The molecule has 1 N–H and O–H groups in total. The van der Waals surface area contributed by atoms with Gasteiger partial charge in [0.25, 0.3) is 0 Å². The summed E-state index contributed by atoms with van der Waals surface area (Å²) in [5.41, 5.74) is 2.46. The van der Waals surface area contributed by atoms with Crippen molar-refractivity contribution >= 4 is 27.3 Å². The molecule has 0 radical (unpaired) electrons. The Hall–Kier alpha value is -2.41. The molecule has 0 aliphatic heterocycles. The zero-order chi connectivity index (χ0) is 17.9. The first-order valence-electron chi connectivity index (χ1n) is 7.27. The predicted octanol–water partition coefficient (Wildman–Crippen LogP) is 2.85. The van der Waals surface area contributed by atoms with Crippen molar-refractivity contribution in [1.82, 2.24) is 0 Å². The summed E-state index contributed by atoms with van der Waals surface area (Å²) in [5.74, 6) is -1.03. The molecule has 0 aliphatic rings. The molecule has 0 heterocycles. The summed E-state index contributed by atoms with van der Waals surface area (Å²) in [6, 6.07) is 10.7. The molecule has 24 heavy (non-hydrogen) atoms. The molecule has 0 unspecified atom stereocenters. The van der Waals surface area contributed by atoms with Gasteiger partial charge in [0.2, 0.25) is 15.9 Å². The van der Waals surface area contributed by atoms with Gasteiger partial charge >= 0.3 is 0 Å². The molecule has 0 atom stereocenters. The van der Waals surface area contributed by atoms with Crippen LogP contribution in [0, 0.1) is 19.7 Å². The first kappa shape index (κ1) is 17.9. The third kappa shape index (κ3) is 4.55. The molecule has 0 saturated carbocycles. The molecule has 2 aromatic rings. The number of halogens is 1. The molecule has 0 bridgehead atoms. The minimum absolute atomic E-state index is 0.272. The van der Waals surface area contributed by atoms with Crippen molar-refractivity contribution in [2.24, 2.45) is 0 Å². The molecule has 0 spiro atoms. The van der Waals surface area contributed by atoms with Gasteiger partial charge < -0.3 is 5.32 Å². The Kier molecular flexibility index (Phi) is 5.23. The van der Waals surface area contributed by atoms with Gasteiger partial charge in [-0.3, -0.25) is 9.10 Å². The van der Waals surface area contributed by atoms with Crippen LogP contribution < -0.4 is 9.62 Å². The maximum atomic E-state index is 13.2. The van der Waals surface area contributed by atoms with Crippen LogP contribution in [0.15, 0.2) is 42.5 Å². The number of rotatable bonds is 5. The van der Waals surface area contributed by atoms with E-state index in [-0.39, 0.29) is 12.2 Å². The highest BCUT2D eigenvalue weighted by molar-refractivity contribution is 7.92. The molecular weight excluding hydrogens is 331 g/mol. The van der Waals surface area contributed by atoms with Crippen LogP contribution in [0.4, 0.5) is 15.8 Å². The first-order chi connectivity index (χ1) is 11.2. The fourth-order valence-corrected chi connectivity index (χ4v) is 3.28. The monoisotopic (exact) mass is 350 g/mol. The van der Waals surface area contributed by atoms with Crippen LogP contribution >= 0.6 is 0 Å². The van der Waals surface area contributed by atoms with Crippen LogP contribution in [0.25, 0.3) is 0 Å². The van der Waals surface area contributed by atoms with Crippen molar-refractivity contribution < 1.29 is 17.6 Å². The zero-order valence-corrected chi connectivity index (χ0v) is 14.5. The number of aryl methyl sites for hydroxylation is 2. The van der Waals surface area contributed by atoms with Crippen molar-refractivity contribution in [3.8, 4) is 0 Å². The van der Waals surface area contributed by atoms with E-state index < -0.39 is 21.7 Å². The van der Waals surface area contributed by atoms with Crippen molar-refractivity contribution in [2.75, 3.05) is 22.4 Å². The molecule has 1 amide bonds. The van der Waals surface area contributed by atoms with E-state index >= 15 is 0 Å². The number of hydrogen-bond donors (Lipinski definition) is 1. The smallest absolute Gasteiger partial charge is 0.245 e. The Labute approximate surface area is 141 Å². The summed E-state index contributed by atoms with van der Waals surface area (Å²) < 4.78 is 38.4. The lowest BCUT2D eigenvalue weighted by atomic mass is 10.1. The second-order valence-electron chi connectivity index (χ2n) is 5.62. The van der Waals surface area contributed by atoms with Crippen LogP contribution in [0.1, 0.15) is 11.1 Å². The van der Waals surface area contributed by atoms with Crippen molar-refractivity contribution in [3.05, 3.63) is 59.4 Å². The van der Waals surface area contributed by atoms with E-state index in [2.05, 4.69) is 5.32 Å². The second-order valence-corrected chi connectivity index (χ2v) is 7.52. The van der Waals surface area contributed by atoms with Crippen molar-refractivity contribution in [3.63, 3.8) is 0 Å². The van der Waals surface area contributed by atoms with Crippen LogP contribution in [0.3, 0.4) is 0 Å². The maximum absolute atomic E-state index is 13.2. The standard InChI is InChI=1S/C17H19FN2O3S/c1-12-7-8-16(13(2)9-12)20(24(3,22)23)11-17(21)19-15-6-4-5-14(18)10-15/h4-10H,11H2,1-3H3,(H,19,21). The molecule has 2 aromatic carbocycles. The molecule has 5 nitrogen and oxygen atoms in total. The van der Waals surface area contributed by atoms with Gasteiger partial charge in [-0.1, -0.05) is 23.8 Å². The second kappa shape index (κ2) is 7.00. The van der Waals surface area contributed by atoms with Crippen LogP contribution in [-0.4, -0.2) is 27.1 Å². The first-order valence-corrected chi connectivity index (χ1v) is 9.12.